The van der Waals surface area contributed by atoms with Crippen LogP contribution in [0.5, 0.6) is 0 Å². The van der Waals surface area contributed by atoms with E-state index < -0.39 is 11.6 Å². The molecule has 20 heavy (non-hydrogen) atoms. The van der Waals surface area contributed by atoms with E-state index in [9.17, 15) is 8.78 Å². The van der Waals surface area contributed by atoms with E-state index in [-0.39, 0.29) is 16.1 Å². The van der Waals surface area contributed by atoms with Gasteiger partial charge in [0.2, 0.25) is 5.95 Å². The Hall–Kier alpha value is -1.73. The van der Waals surface area contributed by atoms with Crippen molar-refractivity contribution >= 4 is 44.6 Å². The van der Waals surface area contributed by atoms with E-state index >= 15 is 0 Å². The zero-order valence-corrected chi connectivity index (χ0v) is 12.1. The quantitative estimate of drug-likeness (QED) is 0.674. The van der Waals surface area contributed by atoms with Crippen molar-refractivity contribution in [2.24, 2.45) is 0 Å². The maximum absolute atomic E-state index is 14.0. The van der Waals surface area contributed by atoms with Crippen LogP contribution in [0.2, 0.25) is 5.02 Å². The monoisotopic (exact) mass is 358 g/mol. The molecule has 0 saturated heterocycles. The Morgan fingerprint density at radius 3 is 2.70 bits per heavy atom. The van der Waals surface area contributed by atoms with Gasteiger partial charge in [-0.15, -0.1) is 0 Å². The number of nitrogens with two attached hydrogens (primary N) is 1. The third kappa shape index (κ3) is 2.03. The van der Waals surface area contributed by atoms with Crippen LogP contribution in [0.1, 0.15) is 0 Å². The molecule has 0 fully saturated rings. The number of imidazole rings is 1. The van der Waals surface area contributed by atoms with Crippen molar-refractivity contribution in [1.82, 2.24) is 14.5 Å². The number of nitrogens with zero attached hydrogens (tertiary/aromatic N) is 3. The summed E-state index contributed by atoms with van der Waals surface area (Å²) in [6.45, 7) is 0. The number of hydrogen-bond acceptors (Lipinski definition) is 3. The lowest BCUT2D eigenvalue weighted by Gasteiger charge is -2.08. The Morgan fingerprint density at radius 2 is 1.95 bits per heavy atom. The van der Waals surface area contributed by atoms with Crippen molar-refractivity contribution in [2.45, 2.75) is 0 Å². The van der Waals surface area contributed by atoms with Gasteiger partial charge in [0.1, 0.15) is 17.2 Å². The van der Waals surface area contributed by atoms with Crippen LogP contribution in [-0.2, 0) is 0 Å². The van der Waals surface area contributed by atoms with Crippen molar-refractivity contribution in [3.8, 4) is 5.69 Å². The molecule has 2 heterocycles. The first-order valence-corrected chi connectivity index (χ1v) is 6.59. The molecule has 2 N–H and O–H groups in total. The third-order valence-corrected chi connectivity index (χ3v) is 3.53. The first kappa shape index (κ1) is 13.3. The number of fused-ring (bicyclic) bond motifs is 1. The summed E-state index contributed by atoms with van der Waals surface area (Å²) in [5.41, 5.74) is 6.39. The van der Waals surface area contributed by atoms with Crippen LogP contribution in [0, 0.1) is 11.6 Å². The highest BCUT2D eigenvalue weighted by Gasteiger charge is 2.17. The second-order valence-corrected chi connectivity index (χ2v) is 5.31. The van der Waals surface area contributed by atoms with Crippen LogP contribution >= 0.6 is 27.5 Å². The van der Waals surface area contributed by atoms with Gasteiger partial charge in [0.25, 0.3) is 0 Å². The number of aromatic nitrogens is 3. The Balaban J connectivity index is 2.35. The van der Waals surface area contributed by atoms with Crippen LogP contribution in [0.3, 0.4) is 0 Å². The van der Waals surface area contributed by atoms with Gasteiger partial charge in [0.05, 0.1) is 15.2 Å². The number of rotatable bonds is 1. The molecular weight excluding hydrogens is 354 g/mol. The zero-order chi connectivity index (χ0) is 14.4. The average Bonchev–Trinajstić information content (AvgIpc) is 2.69. The van der Waals surface area contributed by atoms with Gasteiger partial charge in [-0.25, -0.2) is 18.7 Å². The lowest BCUT2D eigenvalue weighted by Crippen LogP contribution is -2.04. The number of benzene rings is 1. The number of nitrogen functional groups attached to an aromatic ring is 1. The highest BCUT2D eigenvalue weighted by molar-refractivity contribution is 9.10. The first-order chi connectivity index (χ1) is 9.47. The molecule has 1 aromatic carbocycles. The Bertz CT molecular complexity index is 834. The normalized spacial score (nSPS) is 11.2. The summed E-state index contributed by atoms with van der Waals surface area (Å²) in [6.07, 6.45) is 1.38. The molecule has 0 saturated carbocycles. The van der Waals surface area contributed by atoms with Crippen LogP contribution in [0.4, 0.5) is 14.7 Å². The first-order valence-electron chi connectivity index (χ1n) is 5.42. The van der Waals surface area contributed by atoms with Crippen LogP contribution < -0.4 is 5.73 Å². The number of halogens is 4. The molecule has 4 nitrogen and oxygen atoms in total. The fourth-order valence-electron chi connectivity index (χ4n) is 1.88. The van der Waals surface area contributed by atoms with E-state index in [2.05, 4.69) is 25.9 Å². The molecule has 3 aromatic rings. The van der Waals surface area contributed by atoms with Gasteiger partial charge < -0.3 is 5.73 Å². The molecule has 0 spiro atoms. The summed E-state index contributed by atoms with van der Waals surface area (Å²) in [5, 5.41) is 0.379. The van der Waals surface area contributed by atoms with Crippen LogP contribution in [-0.4, -0.2) is 14.5 Å². The fraction of sp³-hybridized carbons (Fsp3) is 0. The molecule has 0 aliphatic heterocycles. The van der Waals surface area contributed by atoms with Crippen LogP contribution in [0.15, 0.2) is 28.9 Å². The predicted molar refractivity (Wildman–Crippen MR) is 75.9 cm³/mol. The Morgan fingerprint density at radius 1 is 1.20 bits per heavy atom. The lowest BCUT2D eigenvalue weighted by atomic mass is 10.3. The van der Waals surface area contributed by atoms with Gasteiger partial charge in [0, 0.05) is 12.3 Å². The van der Waals surface area contributed by atoms with E-state index in [4.69, 9.17) is 17.3 Å². The summed E-state index contributed by atoms with van der Waals surface area (Å²) in [5.74, 6) is -1.27. The molecule has 0 bridgehead atoms. The van der Waals surface area contributed by atoms with Gasteiger partial charge in [-0.3, -0.25) is 4.57 Å². The molecule has 0 unspecified atom stereocenters. The summed E-state index contributed by atoms with van der Waals surface area (Å²) in [4.78, 5) is 8.10. The zero-order valence-electron chi connectivity index (χ0n) is 9.74. The van der Waals surface area contributed by atoms with Gasteiger partial charge in [0.15, 0.2) is 5.65 Å². The number of hydrogen-bond donors (Lipinski definition) is 1. The fourth-order valence-corrected chi connectivity index (χ4v) is 2.35. The average molecular weight is 360 g/mol. The lowest BCUT2D eigenvalue weighted by molar-refractivity contribution is 0.588. The van der Waals surface area contributed by atoms with Crippen molar-refractivity contribution < 1.29 is 8.78 Å². The maximum Gasteiger partial charge on any atom is 0.207 e. The number of anilines is 1. The minimum absolute atomic E-state index is 0.00427. The third-order valence-electron chi connectivity index (χ3n) is 2.72. The molecule has 3 rings (SSSR count). The largest absolute Gasteiger partial charge is 0.369 e. The van der Waals surface area contributed by atoms with Crippen LogP contribution in [0.25, 0.3) is 16.9 Å². The topological polar surface area (TPSA) is 56.7 Å². The summed E-state index contributed by atoms with van der Waals surface area (Å²) in [6, 6.07) is 3.59. The molecule has 0 aliphatic carbocycles. The smallest absolute Gasteiger partial charge is 0.207 e. The van der Waals surface area contributed by atoms with Crippen molar-refractivity contribution in [3.05, 3.63) is 45.5 Å². The summed E-state index contributed by atoms with van der Waals surface area (Å²) in [7, 11) is 0. The highest BCUT2D eigenvalue weighted by Crippen LogP contribution is 2.28. The van der Waals surface area contributed by atoms with Gasteiger partial charge in [-0.1, -0.05) is 11.6 Å². The Kier molecular flexibility index (Phi) is 3.10. The van der Waals surface area contributed by atoms with Gasteiger partial charge >= 0.3 is 0 Å². The molecule has 0 radical (unpaired) electrons. The second-order valence-electron chi connectivity index (χ2n) is 4.02. The summed E-state index contributed by atoms with van der Waals surface area (Å²) < 4.78 is 28.9. The summed E-state index contributed by atoms with van der Waals surface area (Å²) >= 11 is 8.73. The standard InChI is InChI=1S/C12H6BrClF2N4/c13-6-2-8(16)10(3-7(6)15)20-11-9(19-12(20)17)1-5(14)4-18-11/h1-4H,(H2,17,19). The molecule has 0 amide bonds. The minimum Gasteiger partial charge on any atom is -0.369 e. The molecule has 2 aromatic heterocycles. The Labute approximate surface area is 125 Å². The van der Waals surface area contributed by atoms with E-state index in [1.165, 1.54) is 10.8 Å². The molecular formula is C12H6BrClF2N4. The van der Waals surface area contributed by atoms with E-state index in [0.29, 0.717) is 16.2 Å². The van der Waals surface area contributed by atoms with E-state index in [0.717, 1.165) is 12.1 Å². The molecule has 8 heteroatoms. The van der Waals surface area contributed by atoms with Crippen molar-refractivity contribution in [1.29, 1.82) is 0 Å². The van der Waals surface area contributed by atoms with E-state index in [1.54, 1.807) is 6.07 Å². The molecule has 0 aliphatic rings. The molecule has 102 valence electrons. The van der Waals surface area contributed by atoms with E-state index in [1.807, 2.05) is 0 Å². The number of pyridine rings is 1. The SMILES string of the molecule is Nc1nc2cc(Cl)cnc2n1-c1cc(F)c(Br)cc1F. The predicted octanol–water partition coefficient (Wildman–Crippen LogP) is 3.70. The maximum atomic E-state index is 14.0. The minimum atomic E-state index is -0.652. The molecule has 0 atom stereocenters. The highest BCUT2D eigenvalue weighted by atomic mass is 79.9. The van der Waals surface area contributed by atoms with Crippen molar-refractivity contribution in [2.75, 3.05) is 5.73 Å². The van der Waals surface area contributed by atoms with Crippen molar-refractivity contribution in [3.63, 3.8) is 0 Å². The van der Waals surface area contributed by atoms with Gasteiger partial charge in [-0.2, -0.15) is 0 Å². The van der Waals surface area contributed by atoms with Gasteiger partial charge in [-0.05, 0) is 28.1 Å². The second kappa shape index (κ2) is 4.68.